The van der Waals surface area contributed by atoms with Crippen LogP contribution in [0.4, 0.5) is 11.5 Å². The topological polar surface area (TPSA) is 88.3 Å². The van der Waals surface area contributed by atoms with Crippen LogP contribution in [0.3, 0.4) is 0 Å². The van der Waals surface area contributed by atoms with E-state index in [1.807, 2.05) is 36.4 Å². The smallest absolute Gasteiger partial charge is 0.276 e. The molecule has 29 heavy (non-hydrogen) atoms. The van der Waals surface area contributed by atoms with Crippen molar-refractivity contribution in [3.63, 3.8) is 0 Å². The van der Waals surface area contributed by atoms with Gasteiger partial charge in [0.25, 0.3) is 10.0 Å². The zero-order valence-electron chi connectivity index (χ0n) is 15.4. The molecule has 1 N–H and O–H groups in total. The summed E-state index contributed by atoms with van der Waals surface area (Å²) in [6.45, 7) is 0.651. The van der Waals surface area contributed by atoms with Crippen LogP contribution in [0.25, 0.3) is 10.9 Å². The lowest BCUT2D eigenvalue weighted by molar-refractivity contribution is 0.365. The molecule has 1 aromatic carbocycles. The maximum atomic E-state index is 12.8. The van der Waals surface area contributed by atoms with Crippen LogP contribution in [0.2, 0.25) is 0 Å². The summed E-state index contributed by atoms with van der Waals surface area (Å²) in [4.78, 5) is 8.95. The Bertz CT molecular complexity index is 1290. The molecule has 1 aliphatic rings. The van der Waals surface area contributed by atoms with E-state index in [4.69, 9.17) is 4.42 Å². The molecule has 0 bridgehead atoms. The number of sulfonamides is 1. The Labute approximate surface area is 168 Å². The lowest BCUT2D eigenvalue weighted by Gasteiger charge is -2.28. The molecule has 0 fully saturated rings. The summed E-state index contributed by atoms with van der Waals surface area (Å²) in [5, 5.41) is 4.35. The van der Waals surface area contributed by atoms with Crippen molar-refractivity contribution in [3.05, 3.63) is 78.3 Å². The number of anilines is 2. The molecule has 0 radical (unpaired) electrons. The third kappa shape index (κ3) is 3.26. The van der Waals surface area contributed by atoms with E-state index in [0.29, 0.717) is 13.0 Å². The normalized spacial score (nSPS) is 14.6. The van der Waals surface area contributed by atoms with Gasteiger partial charge in [-0.3, -0.25) is 4.98 Å². The Kier molecular flexibility index (Phi) is 4.30. The molecular weight excluding hydrogens is 388 g/mol. The quantitative estimate of drug-likeness (QED) is 0.556. The zero-order valence-corrected chi connectivity index (χ0v) is 16.3. The molecular formula is C21H18N4O3S. The summed E-state index contributed by atoms with van der Waals surface area (Å²) in [6, 6.07) is 14.9. The molecule has 0 saturated heterocycles. The number of pyridine rings is 2. The SMILES string of the molecule is O=S(=O)(c1ccco1)N1CCc2c(ccnc2Nc2cnc3ccccc3c2)C1. The van der Waals surface area contributed by atoms with E-state index in [1.54, 1.807) is 18.5 Å². The fourth-order valence-electron chi connectivity index (χ4n) is 3.59. The minimum atomic E-state index is -3.64. The highest BCUT2D eigenvalue weighted by molar-refractivity contribution is 7.89. The van der Waals surface area contributed by atoms with Crippen LogP contribution in [0.1, 0.15) is 11.1 Å². The Hall–Kier alpha value is -3.23. The van der Waals surface area contributed by atoms with Gasteiger partial charge in [-0.15, -0.1) is 0 Å². The van der Waals surface area contributed by atoms with E-state index in [-0.39, 0.29) is 11.6 Å². The number of aromatic nitrogens is 2. The number of hydrogen-bond acceptors (Lipinski definition) is 6. The molecule has 8 heteroatoms. The molecule has 5 rings (SSSR count). The molecule has 0 atom stereocenters. The van der Waals surface area contributed by atoms with Gasteiger partial charge in [0.1, 0.15) is 5.82 Å². The Balaban J connectivity index is 1.43. The first-order valence-electron chi connectivity index (χ1n) is 9.23. The number of furan rings is 1. The van der Waals surface area contributed by atoms with Crippen molar-refractivity contribution in [3.8, 4) is 0 Å². The van der Waals surface area contributed by atoms with Crippen molar-refractivity contribution in [2.75, 3.05) is 11.9 Å². The average Bonchev–Trinajstić information content (AvgIpc) is 3.29. The number of nitrogens with zero attached hydrogens (tertiary/aromatic N) is 3. The van der Waals surface area contributed by atoms with Crippen LogP contribution in [-0.2, 0) is 23.0 Å². The summed E-state index contributed by atoms with van der Waals surface area (Å²) >= 11 is 0. The minimum Gasteiger partial charge on any atom is -0.452 e. The number of fused-ring (bicyclic) bond motifs is 2. The first-order valence-corrected chi connectivity index (χ1v) is 10.7. The predicted molar refractivity (Wildman–Crippen MR) is 109 cm³/mol. The highest BCUT2D eigenvalue weighted by Crippen LogP contribution is 2.30. The second kappa shape index (κ2) is 6.98. The molecule has 1 aliphatic heterocycles. The summed E-state index contributed by atoms with van der Waals surface area (Å²) in [6.07, 6.45) is 5.40. The molecule has 7 nitrogen and oxygen atoms in total. The number of para-hydroxylation sites is 1. The van der Waals surface area contributed by atoms with Crippen molar-refractivity contribution in [2.24, 2.45) is 0 Å². The summed E-state index contributed by atoms with van der Waals surface area (Å²) in [5.74, 6) is 0.731. The van der Waals surface area contributed by atoms with Gasteiger partial charge in [0.05, 0.1) is 23.7 Å². The van der Waals surface area contributed by atoms with Gasteiger partial charge >= 0.3 is 0 Å². The monoisotopic (exact) mass is 406 g/mol. The number of benzene rings is 1. The van der Waals surface area contributed by atoms with Crippen molar-refractivity contribution in [2.45, 2.75) is 18.1 Å². The van der Waals surface area contributed by atoms with E-state index in [2.05, 4.69) is 15.3 Å². The van der Waals surface area contributed by atoms with Crippen molar-refractivity contribution < 1.29 is 12.8 Å². The third-order valence-corrected chi connectivity index (χ3v) is 6.79. The highest BCUT2D eigenvalue weighted by atomic mass is 32.2. The number of rotatable bonds is 4. The molecule has 146 valence electrons. The minimum absolute atomic E-state index is 0.0319. The Morgan fingerprint density at radius 1 is 1.07 bits per heavy atom. The molecule has 0 saturated carbocycles. The largest absolute Gasteiger partial charge is 0.452 e. The summed E-state index contributed by atoms with van der Waals surface area (Å²) in [5.41, 5.74) is 3.72. The average molecular weight is 406 g/mol. The van der Waals surface area contributed by atoms with Gasteiger partial charge in [-0.25, -0.2) is 13.4 Å². The van der Waals surface area contributed by atoms with E-state index in [0.717, 1.165) is 33.5 Å². The highest BCUT2D eigenvalue weighted by Gasteiger charge is 2.31. The van der Waals surface area contributed by atoms with Crippen molar-refractivity contribution in [1.82, 2.24) is 14.3 Å². The van der Waals surface area contributed by atoms with Crippen LogP contribution in [-0.4, -0.2) is 29.2 Å². The lowest BCUT2D eigenvalue weighted by Crippen LogP contribution is -2.36. The fraction of sp³-hybridized carbons (Fsp3) is 0.143. The van der Waals surface area contributed by atoms with Crippen LogP contribution in [0.15, 0.2) is 76.7 Å². The summed E-state index contributed by atoms with van der Waals surface area (Å²) < 4.78 is 32.1. The van der Waals surface area contributed by atoms with Gasteiger partial charge in [-0.2, -0.15) is 4.31 Å². The molecule has 0 aliphatic carbocycles. The maximum Gasteiger partial charge on any atom is 0.276 e. The number of nitrogens with one attached hydrogen (secondary N) is 1. The molecule has 3 aromatic heterocycles. The second-order valence-corrected chi connectivity index (χ2v) is 8.73. The van der Waals surface area contributed by atoms with E-state index in [1.165, 1.54) is 16.6 Å². The standard InChI is InChI=1S/C21H18N4O3S/c26-29(27,20-6-3-11-28-20)25-10-8-18-16(14-25)7-9-22-21(18)24-17-12-15-4-1-2-5-19(15)23-13-17/h1-7,9,11-13H,8,10,14H2,(H,22,24). The first-order chi connectivity index (χ1) is 14.1. The van der Waals surface area contributed by atoms with E-state index < -0.39 is 10.0 Å². The van der Waals surface area contributed by atoms with Gasteiger partial charge in [-0.1, -0.05) is 18.2 Å². The second-order valence-electron chi connectivity index (χ2n) is 6.86. The van der Waals surface area contributed by atoms with Gasteiger partial charge in [0.2, 0.25) is 5.09 Å². The van der Waals surface area contributed by atoms with Gasteiger partial charge in [-0.05, 0) is 42.3 Å². The van der Waals surface area contributed by atoms with Crippen LogP contribution in [0, 0.1) is 0 Å². The third-order valence-electron chi connectivity index (χ3n) is 5.05. The molecule has 4 heterocycles. The maximum absolute atomic E-state index is 12.8. The van der Waals surface area contributed by atoms with Crippen LogP contribution in [0.5, 0.6) is 0 Å². The first kappa shape index (κ1) is 17.8. The molecule has 0 amide bonds. The van der Waals surface area contributed by atoms with Gasteiger partial charge in [0.15, 0.2) is 0 Å². The van der Waals surface area contributed by atoms with Crippen molar-refractivity contribution in [1.29, 1.82) is 0 Å². The van der Waals surface area contributed by atoms with E-state index >= 15 is 0 Å². The Morgan fingerprint density at radius 3 is 2.83 bits per heavy atom. The fourth-order valence-corrected chi connectivity index (χ4v) is 4.91. The zero-order chi connectivity index (χ0) is 19.8. The van der Waals surface area contributed by atoms with Crippen LogP contribution >= 0.6 is 0 Å². The van der Waals surface area contributed by atoms with Gasteiger partial charge in [0, 0.05) is 30.2 Å². The molecule has 0 unspecified atom stereocenters. The van der Waals surface area contributed by atoms with E-state index in [9.17, 15) is 8.42 Å². The molecule has 0 spiro atoms. The lowest BCUT2D eigenvalue weighted by atomic mass is 10.0. The predicted octanol–water partition coefficient (Wildman–Crippen LogP) is 3.71. The van der Waals surface area contributed by atoms with Crippen molar-refractivity contribution >= 4 is 32.4 Å². The van der Waals surface area contributed by atoms with Crippen LogP contribution < -0.4 is 5.32 Å². The Morgan fingerprint density at radius 2 is 1.97 bits per heavy atom. The van der Waals surface area contributed by atoms with Gasteiger partial charge < -0.3 is 9.73 Å². The number of hydrogen-bond donors (Lipinski definition) is 1. The molecule has 4 aromatic rings. The summed E-state index contributed by atoms with van der Waals surface area (Å²) in [7, 11) is -3.64.